The van der Waals surface area contributed by atoms with Crippen molar-refractivity contribution < 1.29 is 19.4 Å². The standard InChI is InChI=1S/C27H28ClNO4/c1-17-5-14-22(28)23(15-17)29-26(32)24(25(31)27(2,3)4)33-21-12-8-19(9-13-21)16-18-6-10-20(30)11-7-18/h5-15,24,30H,16H2,1-4H3,(H,29,32). The Hall–Kier alpha value is -3.31. The van der Waals surface area contributed by atoms with E-state index in [0.717, 1.165) is 16.7 Å². The third-order valence-electron chi connectivity index (χ3n) is 5.12. The zero-order valence-electron chi connectivity index (χ0n) is 19.2. The maximum absolute atomic E-state index is 13.1. The van der Waals surface area contributed by atoms with Crippen LogP contribution in [0.3, 0.4) is 0 Å². The molecular weight excluding hydrogens is 438 g/mol. The highest BCUT2D eigenvalue weighted by Gasteiger charge is 2.37. The van der Waals surface area contributed by atoms with Gasteiger partial charge in [0.15, 0.2) is 5.78 Å². The first-order valence-electron chi connectivity index (χ1n) is 10.7. The lowest BCUT2D eigenvalue weighted by Gasteiger charge is -2.25. The van der Waals surface area contributed by atoms with Crippen molar-refractivity contribution in [3.63, 3.8) is 0 Å². The van der Waals surface area contributed by atoms with Crippen molar-refractivity contribution >= 4 is 29.0 Å². The SMILES string of the molecule is Cc1ccc(Cl)c(NC(=O)C(Oc2ccc(Cc3ccc(O)cc3)cc2)C(=O)C(C)(C)C)c1. The number of nitrogens with one attached hydrogen (secondary N) is 1. The predicted octanol–water partition coefficient (Wildman–Crippen LogP) is 5.95. The Labute approximate surface area is 199 Å². The summed E-state index contributed by atoms with van der Waals surface area (Å²) >= 11 is 6.21. The third-order valence-corrected chi connectivity index (χ3v) is 5.45. The van der Waals surface area contributed by atoms with E-state index in [1.807, 2.05) is 37.3 Å². The van der Waals surface area contributed by atoms with E-state index in [1.165, 1.54) is 0 Å². The van der Waals surface area contributed by atoms with E-state index in [1.54, 1.807) is 57.2 Å². The van der Waals surface area contributed by atoms with Crippen molar-refractivity contribution in [3.8, 4) is 11.5 Å². The summed E-state index contributed by atoms with van der Waals surface area (Å²) < 4.78 is 5.89. The highest BCUT2D eigenvalue weighted by atomic mass is 35.5. The quantitative estimate of drug-likeness (QED) is 0.423. The molecule has 0 saturated heterocycles. The van der Waals surface area contributed by atoms with Crippen LogP contribution in [0.15, 0.2) is 66.7 Å². The highest BCUT2D eigenvalue weighted by molar-refractivity contribution is 6.34. The zero-order chi connectivity index (χ0) is 24.2. The number of benzene rings is 3. The molecule has 5 nitrogen and oxygen atoms in total. The Morgan fingerprint density at radius 3 is 2.12 bits per heavy atom. The monoisotopic (exact) mass is 465 g/mol. The molecule has 0 fully saturated rings. The number of carbonyl (C=O) groups is 2. The number of ether oxygens (including phenoxy) is 1. The second kappa shape index (κ2) is 10.1. The average molecular weight is 466 g/mol. The second-order valence-electron chi connectivity index (χ2n) is 9.07. The molecule has 0 aliphatic rings. The fraction of sp³-hybridized carbons (Fsp3) is 0.259. The van der Waals surface area contributed by atoms with Gasteiger partial charge in [0.2, 0.25) is 6.10 Å². The summed E-state index contributed by atoms with van der Waals surface area (Å²) in [6, 6.07) is 19.5. The molecule has 172 valence electrons. The van der Waals surface area contributed by atoms with E-state index in [-0.39, 0.29) is 11.5 Å². The first kappa shape index (κ1) is 24.3. The van der Waals surface area contributed by atoms with Crippen LogP contribution >= 0.6 is 11.6 Å². The van der Waals surface area contributed by atoms with Gasteiger partial charge in [-0.05, 0) is 66.4 Å². The normalized spacial score (nSPS) is 12.2. The molecule has 6 heteroatoms. The summed E-state index contributed by atoms with van der Waals surface area (Å²) in [7, 11) is 0. The largest absolute Gasteiger partial charge is 0.508 e. The number of aryl methyl sites for hydroxylation is 1. The second-order valence-corrected chi connectivity index (χ2v) is 9.48. The summed E-state index contributed by atoms with van der Waals surface area (Å²) in [5.41, 5.74) is 2.66. The summed E-state index contributed by atoms with van der Waals surface area (Å²) in [6.07, 6.45) is -0.651. The molecule has 1 atom stereocenters. The average Bonchev–Trinajstić information content (AvgIpc) is 2.76. The number of amides is 1. The smallest absolute Gasteiger partial charge is 0.273 e. The van der Waals surface area contributed by atoms with Crippen LogP contribution in [0.5, 0.6) is 11.5 Å². The molecule has 0 aliphatic heterocycles. The number of hydrogen-bond donors (Lipinski definition) is 2. The minimum atomic E-state index is -1.33. The first-order chi connectivity index (χ1) is 15.5. The van der Waals surface area contributed by atoms with E-state index in [0.29, 0.717) is 22.9 Å². The van der Waals surface area contributed by atoms with Crippen LogP contribution in [-0.2, 0) is 16.0 Å². The fourth-order valence-electron chi connectivity index (χ4n) is 3.22. The van der Waals surface area contributed by atoms with Gasteiger partial charge in [0.1, 0.15) is 11.5 Å². The van der Waals surface area contributed by atoms with Crippen LogP contribution in [0.2, 0.25) is 5.02 Å². The maximum atomic E-state index is 13.1. The third kappa shape index (κ3) is 6.59. The van der Waals surface area contributed by atoms with Crippen LogP contribution in [0, 0.1) is 12.3 Å². The number of hydrogen-bond acceptors (Lipinski definition) is 4. The molecule has 1 amide bonds. The number of carbonyl (C=O) groups excluding carboxylic acids is 2. The topological polar surface area (TPSA) is 75.6 Å². The van der Waals surface area contributed by atoms with Crippen molar-refractivity contribution in [1.82, 2.24) is 0 Å². The summed E-state index contributed by atoms with van der Waals surface area (Å²) in [5.74, 6) is -0.271. The van der Waals surface area contributed by atoms with Gasteiger partial charge in [-0.25, -0.2) is 0 Å². The lowest BCUT2D eigenvalue weighted by Crippen LogP contribution is -2.45. The van der Waals surface area contributed by atoms with Gasteiger partial charge in [-0.1, -0.05) is 62.7 Å². The number of Topliss-reactive ketones (excluding diaryl/α,β-unsaturated/α-hetero) is 1. The number of halogens is 1. The van der Waals surface area contributed by atoms with E-state index >= 15 is 0 Å². The Morgan fingerprint density at radius 2 is 1.55 bits per heavy atom. The van der Waals surface area contributed by atoms with E-state index < -0.39 is 17.4 Å². The van der Waals surface area contributed by atoms with E-state index in [2.05, 4.69) is 5.32 Å². The summed E-state index contributed by atoms with van der Waals surface area (Å²) in [5, 5.41) is 12.5. The van der Waals surface area contributed by atoms with Crippen molar-refractivity contribution in [3.05, 3.63) is 88.4 Å². The number of anilines is 1. The molecule has 3 aromatic rings. The van der Waals surface area contributed by atoms with Crippen molar-refractivity contribution in [2.75, 3.05) is 5.32 Å². The van der Waals surface area contributed by atoms with Crippen LogP contribution in [0.1, 0.15) is 37.5 Å². The molecule has 0 aliphatic carbocycles. The maximum Gasteiger partial charge on any atom is 0.273 e. The number of phenols is 1. The number of phenolic OH excluding ortho intramolecular Hbond substituents is 1. The van der Waals surface area contributed by atoms with Gasteiger partial charge >= 0.3 is 0 Å². The Balaban J connectivity index is 1.78. The molecule has 0 saturated carbocycles. The Morgan fingerprint density at radius 1 is 0.970 bits per heavy atom. The van der Waals surface area contributed by atoms with Gasteiger partial charge in [0.05, 0.1) is 10.7 Å². The minimum Gasteiger partial charge on any atom is -0.508 e. The fourth-order valence-corrected chi connectivity index (χ4v) is 3.39. The predicted molar refractivity (Wildman–Crippen MR) is 131 cm³/mol. The number of ketones is 1. The molecule has 33 heavy (non-hydrogen) atoms. The Bertz CT molecular complexity index is 1130. The van der Waals surface area contributed by atoms with Gasteiger partial charge in [0.25, 0.3) is 5.91 Å². The molecule has 0 aromatic heterocycles. The molecule has 0 radical (unpaired) electrons. The van der Waals surface area contributed by atoms with Gasteiger partial charge in [0, 0.05) is 5.41 Å². The number of aromatic hydroxyl groups is 1. The van der Waals surface area contributed by atoms with Crippen LogP contribution in [0.25, 0.3) is 0 Å². The Kier molecular flexibility index (Phi) is 7.44. The van der Waals surface area contributed by atoms with Gasteiger partial charge in [-0.2, -0.15) is 0 Å². The van der Waals surface area contributed by atoms with Crippen LogP contribution < -0.4 is 10.1 Å². The molecule has 0 heterocycles. The van der Waals surface area contributed by atoms with Gasteiger partial charge < -0.3 is 15.2 Å². The lowest BCUT2D eigenvalue weighted by molar-refractivity contribution is -0.140. The zero-order valence-corrected chi connectivity index (χ0v) is 19.9. The summed E-state index contributed by atoms with van der Waals surface area (Å²) in [6.45, 7) is 7.14. The number of rotatable bonds is 7. The molecular formula is C27H28ClNO4. The lowest BCUT2D eigenvalue weighted by atomic mass is 9.87. The van der Waals surface area contributed by atoms with Gasteiger partial charge in [-0.3, -0.25) is 9.59 Å². The van der Waals surface area contributed by atoms with Crippen molar-refractivity contribution in [2.45, 2.75) is 40.2 Å². The van der Waals surface area contributed by atoms with Crippen molar-refractivity contribution in [1.29, 1.82) is 0 Å². The van der Waals surface area contributed by atoms with Gasteiger partial charge in [-0.15, -0.1) is 0 Å². The molecule has 0 spiro atoms. The van der Waals surface area contributed by atoms with Crippen molar-refractivity contribution in [2.24, 2.45) is 5.41 Å². The van der Waals surface area contributed by atoms with Crippen LogP contribution in [0.4, 0.5) is 5.69 Å². The molecule has 0 bridgehead atoms. The molecule has 3 aromatic carbocycles. The molecule has 3 rings (SSSR count). The molecule has 2 N–H and O–H groups in total. The minimum absolute atomic E-state index is 0.224. The summed E-state index contributed by atoms with van der Waals surface area (Å²) in [4.78, 5) is 26.1. The van der Waals surface area contributed by atoms with E-state index in [4.69, 9.17) is 16.3 Å². The highest BCUT2D eigenvalue weighted by Crippen LogP contribution is 2.26. The van der Waals surface area contributed by atoms with E-state index in [9.17, 15) is 14.7 Å². The molecule has 1 unspecified atom stereocenters. The first-order valence-corrected chi connectivity index (χ1v) is 11.1. The van der Waals surface area contributed by atoms with Crippen LogP contribution in [-0.4, -0.2) is 22.9 Å².